The molecule has 0 saturated carbocycles. The molecule has 0 bridgehead atoms. The van der Waals surface area contributed by atoms with Gasteiger partial charge in [-0.25, -0.2) is 0 Å². The summed E-state index contributed by atoms with van der Waals surface area (Å²) in [6.45, 7) is 0. The fraction of sp³-hybridized carbons (Fsp3) is 0.200. The fourth-order valence-corrected chi connectivity index (χ4v) is 4.46. The molecule has 0 atom stereocenters. The van der Waals surface area contributed by atoms with Crippen LogP contribution >= 0.6 is 46.2 Å². The maximum atomic E-state index is 5.45. The van der Waals surface area contributed by atoms with Crippen LogP contribution in [0.5, 0.6) is 0 Å². The summed E-state index contributed by atoms with van der Waals surface area (Å²) in [6.07, 6.45) is 0. The van der Waals surface area contributed by atoms with E-state index in [0.29, 0.717) is 10.3 Å². The summed E-state index contributed by atoms with van der Waals surface area (Å²) >= 11 is 5.89. The second-order valence-electron chi connectivity index (χ2n) is 2.22. The van der Waals surface area contributed by atoms with Crippen LogP contribution in [0.1, 0.15) is 0 Å². The quantitative estimate of drug-likeness (QED) is 0.639. The molecule has 2 aromatic rings. The first-order valence-electron chi connectivity index (χ1n) is 3.67. The average molecular weight is 278 g/mol. The molecular formula is C5H6N6S4. The molecule has 0 spiro atoms. The van der Waals surface area contributed by atoms with E-state index in [9.17, 15) is 0 Å². The van der Waals surface area contributed by atoms with Crippen molar-refractivity contribution < 1.29 is 0 Å². The number of nitrogens with two attached hydrogens (primary N) is 2. The molecule has 4 N–H and O–H groups in total. The maximum Gasteiger partial charge on any atom is 0.203 e. The van der Waals surface area contributed by atoms with E-state index in [4.69, 9.17) is 11.5 Å². The summed E-state index contributed by atoms with van der Waals surface area (Å²) in [5.74, 6) is 0. The van der Waals surface area contributed by atoms with Gasteiger partial charge in [0.05, 0.1) is 5.08 Å². The highest BCUT2D eigenvalue weighted by molar-refractivity contribution is 8.17. The van der Waals surface area contributed by atoms with Gasteiger partial charge in [-0.15, -0.1) is 20.4 Å². The zero-order valence-electron chi connectivity index (χ0n) is 7.28. The minimum absolute atomic E-state index is 0.489. The van der Waals surface area contributed by atoms with Crippen molar-refractivity contribution in [2.24, 2.45) is 0 Å². The van der Waals surface area contributed by atoms with E-state index in [1.165, 1.54) is 22.7 Å². The Balaban J connectivity index is 1.80. The van der Waals surface area contributed by atoms with Crippen LogP contribution in [0.3, 0.4) is 0 Å². The predicted octanol–water partition coefficient (Wildman–Crippen LogP) is 1.40. The number of rotatable bonds is 4. The van der Waals surface area contributed by atoms with Crippen molar-refractivity contribution in [2.45, 2.75) is 8.68 Å². The van der Waals surface area contributed by atoms with Gasteiger partial charge < -0.3 is 11.5 Å². The first kappa shape index (κ1) is 10.9. The Morgan fingerprint density at radius 1 is 0.867 bits per heavy atom. The lowest BCUT2D eigenvalue weighted by Crippen LogP contribution is -1.80. The topological polar surface area (TPSA) is 104 Å². The molecule has 0 aliphatic carbocycles. The van der Waals surface area contributed by atoms with Gasteiger partial charge >= 0.3 is 0 Å². The Bertz CT molecular complexity index is 398. The lowest BCUT2D eigenvalue weighted by Gasteiger charge is -1.91. The molecule has 2 heterocycles. The zero-order chi connectivity index (χ0) is 10.7. The van der Waals surface area contributed by atoms with Crippen LogP contribution in [0.15, 0.2) is 8.68 Å². The molecule has 0 unspecified atom stereocenters. The fourth-order valence-electron chi connectivity index (χ4n) is 0.688. The molecule has 0 saturated heterocycles. The molecule has 10 heteroatoms. The molecule has 0 aromatic carbocycles. The Labute approximate surface area is 102 Å². The van der Waals surface area contributed by atoms with Crippen molar-refractivity contribution in [3.63, 3.8) is 0 Å². The monoisotopic (exact) mass is 278 g/mol. The number of thioether (sulfide) groups is 2. The van der Waals surface area contributed by atoms with Gasteiger partial charge in [0.15, 0.2) is 8.68 Å². The highest BCUT2D eigenvalue weighted by Crippen LogP contribution is 2.31. The van der Waals surface area contributed by atoms with Gasteiger partial charge in [-0.1, -0.05) is 46.2 Å². The Hall–Kier alpha value is -0.580. The van der Waals surface area contributed by atoms with E-state index in [2.05, 4.69) is 20.4 Å². The van der Waals surface area contributed by atoms with Gasteiger partial charge in [0.1, 0.15) is 0 Å². The van der Waals surface area contributed by atoms with Crippen LogP contribution in [-0.4, -0.2) is 25.5 Å². The third-order valence-corrected chi connectivity index (χ3v) is 5.11. The molecule has 80 valence electrons. The van der Waals surface area contributed by atoms with Crippen molar-refractivity contribution in [3.8, 4) is 0 Å². The van der Waals surface area contributed by atoms with Crippen molar-refractivity contribution in [3.05, 3.63) is 0 Å². The molecule has 15 heavy (non-hydrogen) atoms. The summed E-state index contributed by atoms with van der Waals surface area (Å²) in [5.41, 5.74) is 10.9. The molecule has 0 radical (unpaired) electrons. The minimum atomic E-state index is 0.489. The molecular weight excluding hydrogens is 272 g/mol. The average Bonchev–Trinajstić information content (AvgIpc) is 2.76. The van der Waals surface area contributed by atoms with Gasteiger partial charge in [-0.2, -0.15) is 0 Å². The van der Waals surface area contributed by atoms with Crippen LogP contribution in [0.4, 0.5) is 10.3 Å². The van der Waals surface area contributed by atoms with E-state index < -0.39 is 0 Å². The number of hydrogen-bond acceptors (Lipinski definition) is 10. The SMILES string of the molecule is Nc1nnc(SCSc2nnc(N)s2)s1. The standard InChI is InChI=1S/C5H6N6S4/c6-2-8-10-4(14-2)12-1-13-5-11-9-3(7)15-5/h1H2,(H2,6,8)(H2,7,9). The number of hydrogen-bond donors (Lipinski definition) is 2. The van der Waals surface area contributed by atoms with Crippen LogP contribution in [0, 0.1) is 0 Å². The molecule has 2 aromatic heterocycles. The van der Waals surface area contributed by atoms with Gasteiger partial charge in [-0.05, 0) is 0 Å². The Kier molecular flexibility index (Phi) is 3.61. The lowest BCUT2D eigenvalue weighted by molar-refractivity contribution is 1.02. The van der Waals surface area contributed by atoms with Crippen molar-refractivity contribution in [1.29, 1.82) is 0 Å². The summed E-state index contributed by atoms with van der Waals surface area (Å²) in [6, 6.07) is 0. The summed E-state index contributed by atoms with van der Waals surface area (Å²) in [4.78, 5) is 0. The molecule has 0 aliphatic rings. The minimum Gasteiger partial charge on any atom is -0.374 e. The van der Waals surface area contributed by atoms with Crippen LogP contribution in [-0.2, 0) is 0 Å². The highest BCUT2D eigenvalue weighted by Gasteiger charge is 2.04. The number of anilines is 2. The highest BCUT2D eigenvalue weighted by atomic mass is 32.2. The largest absolute Gasteiger partial charge is 0.374 e. The van der Waals surface area contributed by atoms with Gasteiger partial charge in [-0.3, -0.25) is 0 Å². The van der Waals surface area contributed by atoms with Gasteiger partial charge in [0.2, 0.25) is 10.3 Å². The predicted molar refractivity (Wildman–Crippen MR) is 65.2 cm³/mol. The number of aromatic nitrogens is 4. The summed E-state index contributed by atoms with van der Waals surface area (Å²) < 4.78 is 1.72. The van der Waals surface area contributed by atoms with Gasteiger partial charge in [0, 0.05) is 0 Å². The summed E-state index contributed by atoms with van der Waals surface area (Å²) in [7, 11) is 0. The Morgan fingerprint density at radius 3 is 1.67 bits per heavy atom. The normalized spacial score (nSPS) is 10.7. The number of nitrogen functional groups attached to an aromatic ring is 2. The second kappa shape index (κ2) is 4.96. The van der Waals surface area contributed by atoms with Crippen molar-refractivity contribution in [1.82, 2.24) is 20.4 Å². The third kappa shape index (κ3) is 3.19. The van der Waals surface area contributed by atoms with E-state index in [0.717, 1.165) is 13.8 Å². The smallest absolute Gasteiger partial charge is 0.203 e. The molecule has 2 rings (SSSR count). The van der Waals surface area contributed by atoms with Gasteiger partial charge in [0.25, 0.3) is 0 Å². The van der Waals surface area contributed by atoms with Crippen LogP contribution in [0.2, 0.25) is 0 Å². The third-order valence-electron chi connectivity index (χ3n) is 1.21. The zero-order valence-corrected chi connectivity index (χ0v) is 10.5. The first-order valence-corrected chi connectivity index (χ1v) is 7.28. The van der Waals surface area contributed by atoms with Crippen molar-refractivity contribution in [2.75, 3.05) is 16.6 Å². The van der Waals surface area contributed by atoms with E-state index in [-0.39, 0.29) is 0 Å². The lowest BCUT2D eigenvalue weighted by atomic mass is 11.3. The molecule has 0 aliphatic heterocycles. The van der Waals surface area contributed by atoms with E-state index in [1.54, 1.807) is 23.5 Å². The first-order chi connectivity index (χ1) is 7.24. The number of nitrogens with zero attached hydrogens (tertiary/aromatic N) is 4. The molecule has 6 nitrogen and oxygen atoms in total. The molecule has 0 fully saturated rings. The summed E-state index contributed by atoms with van der Waals surface area (Å²) in [5, 5.41) is 17.0. The molecule has 0 amide bonds. The second-order valence-corrected chi connectivity index (χ2v) is 7.05. The maximum absolute atomic E-state index is 5.45. The Morgan fingerprint density at radius 2 is 1.33 bits per heavy atom. The van der Waals surface area contributed by atoms with Crippen LogP contribution < -0.4 is 11.5 Å². The van der Waals surface area contributed by atoms with Crippen LogP contribution in [0.25, 0.3) is 0 Å². The van der Waals surface area contributed by atoms with E-state index in [1.807, 2.05) is 0 Å². The van der Waals surface area contributed by atoms with Crippen molar-refractivity contribution >= 4 is 56.5 Å². The van der Waals surface area contributed by atoms with E-state index >= 15 is 0 Å².